The largest absolute Gasteiger partial charge is 0.381 e. The molecule has 0 spiro atoms. The summed E-state index contributed by atoms with van der Waals surface area (Å²) < 4.78 is 11.2. The summed E-state index contributed by atoms with van der Waals surface area (Å²) in [7, 11) is 0. The van der Waals surface area contributed by atoms with Crippen molar-refractivity contribution in [2.75, 3.05) is 19.8 Å². The summed E-state index contributed by atoms with van der Waals surface area (Å²) in [5, 5.41) is 0. The number of hydrogen-bond donors (Lipinski definition) is 2. The Labute approximate surface area is 117 Å². The van der Waals surface area contributed by atoms with Crippen molar-refractivity contribution < 1.29 is 9.47 Å². The minimum absolute atomic E-state index is 0.335. The highest BCUT2D eigenvalue weighted by atomic mass is 16.5. The SMILES string of the molecule is NNC(CCCCC1CCOCC1)C1CCCCO1. The lowest BCUT2D eigenvalue weighted by Crippen LogP contribution is -2.46. The van der Waals surface area contributed by atoms with Crippen molar-refractivity contribution in [1.29, 1.82) is 0 Å². The molecule has 2 atom stereocenters. The number of nitrogens with one attached hydrogen (secondary N) is 1. The normalized spacial score (nSPS) is 27.3. The third-order valence-corrected chi connectivity index (χ3v) is 4.60. The van der Waals surface area contributed by atoms with Gasteiger partial charge in [0.1, 0.15) is 0 Å². The smallest absolute Gasteiger partial charge is 0.0741 e. The van der Waals surface area contributed by atoms with Gasteiger partial charge in [0.05, 0.1) is 6.10 Å². The maximum absolute atomic E-state index is 5.82. The van der Waals surface area contributed by atoms with Crippen molar-refractivity contribution in [2.45, 2.75) is 69.9 Å². The van der Waals surface area contributed by atoms with Crippen molar-refractivity contribution >= 4 is 0 Å². The molecule has 0 aromatic rings. The zero-order valence-corrected chi connectivity index (χ0v) is 12.1. The van der Waals surface area contributed by atoms with Crippen LogP contribution in [0.5, 0.6) is 0 Å². The summed E-state index contributed by atoms with van der Waals surface area (Å²) in [6.45, 7) is 2.84. The second-order valence-corrected chi connectivity index (χ2v) is 6.02. The first-order valence-electron chi connectivity index (χ1n) is 8.05. The van der Waals surface area contributed by atoms with E-state index in [9.17, 15) is 0 Å². The number of unbranched alkanes of at least 4 members (excludes halogenated alkanes) is 1. The van der Waals surface area contributed by atoms with Crippen molar-refractivity contribution in [3.63, 3.8) is 0 Å². The van der Waals surface area contributed by atoms with Crippen LogP contribution in [-0.2, 0) is 9.47 Å². The van der Waals surface area contributed by atoms with Crippen LogP contribution < -0.4 is 11.3 Å². The average Bonchev–Trinajstić information content (AvgIpc) is 2.49. The van der Waals surface area contributed by atoms with E-state index >= 15 is 0 Å². The fourth-order valence-electron chi connectivity index (χ4n) is 3.29. The molecule has 2 fully saturated rings. The van der Waals surface area contributed by atoms with Crippen LogP contribution in [-0.4, -0.2) is 32.0 Å². The van der Waals surface area contributed by atoms with Gasteiger partial charge < -0.3 is 9.47 Å². The van der Waals surface area contributed by atoms with Gasteiger partial charge in [0.15, 0.2) is 0 Å². The highest BCUT2D eigenvalue weighted by Gasteiger charge is 2.23. The second-order valence-electron chi connectivity index (χ2n) is 6.02. The molecular weight excluding hydrogens is 240 g/mol. The van der Waals surface area contributed by atoms with E-state index in [1.807, 2.05) is 0 Å². The van der Waals surface area contributed by atoms with Gasteiger partial charge in [-0.3, -0.25) is 11.3 Å². The van der Waals surface area contributed by atoms with Gasteiger partial charge >= 0.3 is 0 Å². The molecule has 0 radical (unpaired) electrons. The van der Waals surface area contributed by atoms with E-state index in [0.717, 1.165) is 38.6 Å². The van der Waals surface area contributed by atoms with E-state index < -0.39 is 0 Å². The summed E-state index contributed by atoms with van der Waals surface area (Å²) in [5.74, 6) is 6.57. The van der Waals surface area contributed by atoms with Crippen molar-refractivity contribution in [1.82, 2.24) is 5.43 Å². The maximum atomic E-state index is 5.82. The second kappa shape index (κ2) is 8.90. The molecule has 19 heavy (non-hydrogen) atoms. The number of hydrogen-bond acceptors (Lipinski definition) is 4. The molecule has 2 rings (SSSR count). The van der Waals surface area contributed by atoms with Crippen LogP contribution in [0, 0.1) is 5.92 Å². The lowest BCUT2D eigenvalue weighted by molar-refractivity contribution is -0.00992. The van der Waals surface area contributed by atoms with Crippen molar-refractivity contribution in [3.8, 4) is 0 Å². The average molecular weight is 270 g/mol. The van der Waals surface area contributed by atoms with Gasteiger partial charge in [-0.1, -0.05) is 19.3 Å². The molecule has 2 aliphatic heterocycles. The molecule has 0 aromatic heterocycles. The van der Waals surface area contributed by atoms with Gasteiger partial charge in [0.25, 0.3) is 0 Å². The lowest BCUT2D eigenvalue weighted by Gasteiger charge is -2.30. The zero-order chi connectivity index (χ0) is 13.3. The summed E-state index contributed by atoms with van der Waals surface area (Å²) in [5.41, 5.74) is 2.97. The summed E-state index contributed by atoms with van der Waals surface area (Å²) >= 11 is 0. The van der Waals surface area contributed by atoms with Gasteiger partial charge in [-0.25, -0.2) is 0 Å². The summed E-state index contributed by atoms with van der Waals surface area (Å²) in [4.78, 5) is 0. The van der Waals surface area contributed by atoms with Crippen molar-refractivity contribution in [3.05, 3.63) is 0 Å². The Hall–Kier alpha value is -0.160. The van der Waals surface area contributed by atoms with Crippen molar-refractivity contribution in [2.24, 2.45) is 11.8 Å². The predicted molar refractivity (Wildman–Crippen MR) is 76.7 cm³/mol. The number of rotatable bonds is 7. The molecule has 0 aromatic carbocycles. The maximum Gasteiger partial charge on any atom is 0.0741 e. The molecule has 2 saturated heterocycles. The molecule has 2 aliphatic rings. The zero-order valence-electron chi connectivity index (χ0n) is 12.1. The van der Waals surface area contributed by atoms with Gasteiger partial charge in [-0.2, -0.15) is 0 Å². The van der Waals surface area contributed by atoms with Crippen LogP contribution in [0.4, 0.5) is 0 Å². The monoisotopic (exact) mass is 270 g/mol. The van der Waals surface area contributed by atoms with E-state index in [1.54, 1.807) is 0 Å². The molecule has 0 aliphatic carbocycles. The molecule has 4 heteroatoms. The third kappa shape index (κ3) is 5.38. The fourth-order valence-corrected chi connectivity index (χ4v) is 3.29. The Balaban J connectivity index is 1.57. The van der Waals surface area contributed by atoms with E-state index in [1.165, 1.54) is 44.9 Å². The van der Waals surface area contributed by atoms with Gasteiger partial charge in [0, 0.05) is 25.9 Å². The van der Waals surface area contributed by atoms with Crippen LogP contribution in [0.2, 0.25) is 0 Å². The van der Waals surface area contributed by atoms with Crippen LogP contribution in [0.25, 0.3) is 0 Å². The van der Waals surface area contributed by atoms with E-state index in [0.29, 0.717) is 12.1 Å². The van der Waals surface area contributed by atoms with E-state index in [-0.39, 0.29) is 0 Å². The Bertz CT molecular complexity index is 226. The van der Waals surface area contributed by atoms with Crippen LogP contribution in [0.1, 0.15) is 57.8 Å². The van der Waals surface area contributed by atoms with E-state index in [4.69, 9.17) is 15.3 Å². The highest BCUT2D eigenvalue weighted by molar-refractivity contribution is 4.78. The molecule has 0 amide bonds. The standard InChI is InChI=1S/C15H30N2O2/c16-17-14(15-7-3-4-10-19-15)6-2-1-5-13-8-11-18-12-9-13/h13-15,17H,1-12,16H2. The topological polar surface area (TPSA) is 56.5 Å². The van der Waals surface area contributed by atoms with Gasteiger partial charge in [-0.05, 0) is 44.4 Å². The highest BCUT2D eigenvalue weighted by Crippen LogP contribution is 2.23. The minimum atomic E-state index is 0.335. The Morgan fingerprint density at radius 2 is 1.89 bits per heavy atom. The fraction of sp³-hybridized carbons (Fsp3) is 1.00. The number of ether oxygens (including phenoxy) is 2. The van der Waals surface area contributed by atoms with Gasteiger partial charge in [0.2, 0.25) is 0 Å². The summed E-state index contributed by atoms with van der Waals surface area (Å²) in [6.07, 6.45) is 11.6. The van der Waals surface area contributed by atoms with Crippen LogP contribution in [0.15, 0.2) is 0 Å². The first-order chi connectivity index (χ1) is 9.40. The number of hydrazine groups is 1. The van der Waals surface area contributed by atoms with E-state index in [2.05, 4.69) is 5.43 Å². The first-order valence-corrected chi connectivity index (χ1v) is 8.05. The Kier molecular flexibility index (Phi) is 7.14. The molecule has 4 nitrogen and oxygen atoms in total. The molecule has 0 saturated carbocycles. The van der Waals surface area contributed by atoms with Crippen LogP contribution in [0.3, 0.4) is 0 Å². The molecule has 2 heterocycles. The minimum Gasteiger partial charge on any atom is -0.381 e. The molecular formula is C15H30N2O2. The summed E-state index contributed by atoms with van der Waals surface area (Å²) in [6, 6.07) is 0.343. The van der Waals surface area contributed by atoms with Crippen LogP contribution >= 0.6 is 0 Å². The quantitative estimate of drug-likeness (QED) is 0.424. The first kappa shape index (κ1) is 15.2. The molecule has 2 unspecified atom stereocenters. The Morgan fingerprint density at radius 1 is 1.05 bits per heavy atom. The molecule has 3 N–H and O–H groups in total. The lowest BCUT2D eigenvalue weighted by atomic mass is 9.92. The number of nitrogens with two attached hydrogens (primary N) is 1. The molecule has 0 bridgehead atoms. The predicted octanol–water partition coefficient (Wildman–Crippen LogP) is 2.37. The molecule has 112 valence electrons. The third-order valence-electron chi connectivity index (χ3n) is 4.60. The Morgan fingerprint density at radius 3 is 2.58 bits per heavy atom. The van der Waals surface area contributed by atoms with Gasteiger partial charge in [-0.15, -0.1) is 0 Å².